The Balaban J connectivity index is 2.42. The largest absolute Gasteiger partial charge is 0.464 e. The summed E-state index contributed by atoms with van der Waals surface area (Å²) in [6.45, 7) is 4.52. The summed E-state index contributed by atoms with van der Waals surface area (Å²) in [5, 5.41) is 3.12. The monoisotopic (exact) mass is 265 g/mol. The number of hydrogen-bond donors (Lipinski definition) is 1. The molecule has 2 rings (SSSR count). The molecule has 0 saturated carbocycles. The molecular weight excluding hydrogens is 248 g/mol. The first-order valence-corrected chi connectivity index (χ1v) is 6.43. The first kappa shape index (κ1) is 13.7. The second kappa shape index (κ2) is 5.97. The fourth-order valence-electron chi connectivity index (χ4n) is 2.05. The molecule has 2 aromatic rings. The minimum Gasteiger partial charge on any atom is -0.464 e. The summed E-state index contributed by atoms with van der Waals surface area (Å²) in [7, 11) is 0. The highest BCUT2D eigenvalue weighted by atomic mass is 19.2. The van der Waals surface area contributed by atoms with Crippen LogP contribution < -0.4 is 5.32 Å². The topological polar surface area (TPSA) is 25.2 Å². The standard InChI is InChI=1S/C15H17F2NO/c1-3-10-8-9-13(19-10)15(18-4-2)11-6-5-7-12(16)14(11)17/h5-9,15,18H,3-4H2,1-2H3. The summed E-state index contributed by atoms with van der Waals surface area (Å²) < 4.78 is 32.9. The minimum atomic E-state index is -0.845. The molecule has 0 bridgehead atoms. The number of aryl methyl sites for hydroxylation is 1. The van der Waals surface area contributed by atoms with Gasteiger partial charge in [-0.2, -0.15) is 0 Å². The SMILES string of the molecule is CCNC(c1ccc(CC)o1)c1cccc(F)c1F. The van der Waals surface area contributed by atoms with Crippen LogP contribution in [0, 0.1) is 11.6 Å². The Labute approximate surface area is 111 Å². The Hall–Kier alpha value is -1.68. The van der Waals surface area contributed by atoms with Crippen molar-refractivity contribution in [2.45, 2.75) is 26.3 Å². The summed E-state index contributed by atoms with van der Waals surface area (Å²) in [6.07, 6.45) is 0.768. The molecule has 0 amide bonds. The van der Waals surface area contributed by atoms with Gasteiger partial charge >= 0.3 is 0 Å². The van der Waals surface area contributed by atoms with Gasteiger partial charge in [-0.25, -0.2) is 8.78 Å². The lowest BCUT2D eigenvalue weighted by atomic mass is 10.0. The summed E-state index contributed by atoms with van der Waals surface area (Å²) in [4.78, 5) is 0. The van der Waals surface area contributed by atoms with Gasteiger partial charge in [0.2, 0.25) is 0 Å². The van der Waals surface area contributed by atoms with Crippen LogP contribution in [0.2, 0.25) is 0 Å². The van der Waals surface area contributed by atoms with E-state index >= 15 is 0 Å². The van der Waals surface area contributed by atoms with Gasteiger partial charge in [-0.1, -0.05) is 26.0 Å². The van der Waals surface area contributed by atoms with Crippen LogP contribution >= 0.6 is 0 Å². The zero-order chi connectivity index (χ0) is 13.8. The molecule has 1 heterocycles. The average molecular weight is 265 g/mol. The van der Waals surface area contributed by atoms with Crippen molar-refractivity contribution < 1.29 is 13.2 Å². The van der Waals surface area contributed by atoms with Crippen molar-refractivity contribution in [3.05, 3.63) is 59.1 Å². The smallest absolute Gasteiger partial charge is 0.164 e. The highest BCUT2D eigenvalue weighted by Gasteiger charge is 2.21. The van der Waals surface area contributed by atoms with Gasteiger partial charge in [0.1, 0.15) is 11.5 Å². The molecule has 1 aromatic heterocycles. The van der Waals surface area contributed by atoms with Crippen molar-refractivity contribution in [2.24, 2.45) is 0 Å². The van der Waals surface area contributed by atoms with Gasteiger partial charge < -0.3 is 9.73 Å². The summed E-state index contributed by atoms with van der Waals surface area (Å²) in [5.41, 5.74) is 0.263. The first-order chi connectivity index (χ1) is 9.17. The normalized spacial score (nSPS) is 12.6. The third-order valence-corrected chi connectivity index (χ3v) is 3.02. The van der Waals surface area contributed by atoms with Crippen LogP contribution in [0.4, 0.5) is 8.78 Å². The van der Waals surface area contributed by atoms with Crippen LogP contribution in [0.25, 0.3) is 0 Å². The summed E-state index contributed by atoms with van der Waals surface area (Å²) in [5.74, 6) is -0.247. The van der Waals surface area contributed by atoms with Gasteiger partial charge in [0, 0.05) is 12.0 Å². The van der Waals surface area contributed by atoms with Gasteiger partial charge in [0.25, 0.3) is 0 Å². The number of halogens is 2. The van der Waals surface area contributed by atoms with E-state index in [1.165, 1.54) is 6.07 Å². The highest BCUT2D eigenvalue weighted by Crippen LogP contribution is 2.27. The molecule has 0 radical (unpaired) electrons. The number of hydrogen-bond acceptors (Lipinski definition) is 2. The third-order valence-electron chi connectivity index (χ3n) is 3.02. The molecule has 0 spiro atoms. The average Bonchev–Trinajstić information content (AvgIpc) is 2.88. The molecule has 19 heavy (non-hydrogen) atoms. The molecule has 102 valence electrons. The second-order valence-electron chi connectivity index (χ2n) is 4.29. The van der Waals surface area contributed by atoms with Gasteiger partial charge in [-0.05, 0) is 24.7 Å². The fourth-order valence-corrected chi connectivity index (χ4v) is 2.05. The quantitative estimate of drug-likeness (QED) is 0.889. The van der Waals surface area contributed by atoms with Gasteiger partial charge in [0.15, 0.2) is 11.6 Å². The molecule has 4 heteroatoms. The molecule has 2 nitrogen and oxygen atoms in total. The van der Waals surface area contributed by atoms with E-state index in [0.717, 1.165) is 18.2 Å². The van der Waals surface area contributed by atoms with E-state index in [-0.39, 0.29) is 5.56 Å². The highest BCUT2D eigenvalue weighted by molar-refractivity contribution is 5.29. The molecule has 1 unspecified atom stereocenters. The lowest BCUT2D eigenvalue weighted by Gasteiger charge is -2.17. The Morgan fingerprint density at radius 3 is 2.58 bits per heavy atom. The Morgan fingerprint density at radius 2 is 1.95 bits per heavy atom. The number of furan rings is 1. The van der Waals surface area contributed by atoms with Crippen molar-refractivity contribution in [1.82, 2.24) is 5.32 Å². The van der Waals surface area contributed by atoms with Crippen LogP contribution in [0.1, 0.15) is 37.0 Å². The van der Waals surface area contributed by atoms with E-state index in [2.05, 4.69) is 5.32 Å². The first-order valence-electron chi connectivity index (χ1n) is 6.43. The van der Waals surface area contributed by atoms with Gasteiger partial charge in [-0.3, -0.25) is 0 Å². The van der Waals surface area contributed by atoms with Crippen LogP contribution in [-0.4, -0.2) is 6.54 Å². The third kappa shape index (κ3) is 2.84. The Morgan fingerprint density at radius 1 is 1.16 bits per heavy atom. The van der Waals surface area contributed by atoms with Crippen molar-refractivity contribution in [3.8, 4) is 0 Å². The second-order valence-corrected chi connectivity index (χ2v) is 4.29. The van der Waals surface area contributed by atoms with E-state index in [4.69, 9.17) is 4.42 Å². The maximum atomic E-state index is 13.9. The molecule has 0 saturated heterocycles. The fraction of sp³-hybridized carbons (Fsp3) is 0.333. The predicted molar refractivity (Wildman–Crippen MR) is 70.0 cm³/mol. The lowest BCUT2D eigenvalue weighted by molar-refractivity contribution is 0.411. The summed E-state index contributed by atoms with van der Waals surface area (Å²) >= 11 is 0. The minimum absolute atomic E-state index is 0.263. The number of benzene rings is 1. The maximum absolute atomic E-state index is 13.9. The van der Waals surface area contributed by atoms with Gasteiger partial charge in [0.05, 0.1) is 6.04 Å². The van der Waals surface area contributed by atoms with Crippen LogP contribution in [0.3, 0.4) is 0 Å². The van der Waals surface area contributed by atoms with Crippen molar-refractivity contribution in [2.75, 3.05) is 6.54 Å². The molecule has 1 atom stereocenters. The van der Waals surface area contributed by atoms with E-state index < -0.39 is 17.7 Å². The molecule has 0 aliphatic carbocycles. The molecule has 0 aliphatic heterocycles. The molecule has 0 aliphatic rings. The van der Waals surface area contributed by atoms with E-state index in [1.54, 1.807) is 12.1 Å². The Bertz CT molecular complexity index is 551. The van der Waals surface area contributed by atoms with E-state index in [0.29, 0.717) is 12.3 Å². The van der Waals surface area contributed by atoms with Crippen LogP contribution in [-0.2, 0) is 6.42 Å². The molecular formula is C15H17F2NO. The summed E-state index contributed by atoms with van der Waals surface area (Å²) in [6, 6.07) is 7.37. The van der Waals surface area contributed by atoms with Crippen molar-refractivity contribution in [3.63, 3.8) is 0 Å². The van der Waals surface area contributed by atoms with E-state index in [9.17, 15) is 8.78 Å². The van der Waals surface area contributed by atoms with Crippen LogP contribution in [0.15, 0.2) is 34.7 Å². The zero-order valence-corrected chi connectivity index (χ0v) is 11.0. The molecule has 1 aromatic carbocycles. The molecule has 0 fully saturated rings. The van der Waals surface area contributed by atoms with Crippen LogP contribution in [0.5, 0.6) is 0 Å². The van der Waals surface area contributed by atoms with Gasteiger partial charge in [-0.15, -0.1) is 0 Å². The maximum Gasteiger partial charge on any atom is 0.164 e. The van der Waals surface area contributed by atoms with Crippen molar-refractivity contribution >= 4 is 0 Å². The van der Waals surface area contributed by atoms with Crippen molar-refractivity contribution in [1.29, 1.82) is 0 Å². The predicted octanol–water partition coefficient (Wildman–Crippen LogP) is 3.82. The number of nitrogens with one attached hydrogen (secondary N) is 1. The number of rotatable bonds is 5. The lowest BCUT2D eigenvalue weighted by Crippen LogP contribution is -2.22. The zero-order valence-electron chi connectivity index (χ0n) is 11.0. The molecule has 1 N–H and O–H groups in total. The van der Waals surface area contributed by atoms with E-state index in [1.807, 2.05) is 19.9 Å². The Kier molecular flexibility index (Phi) is 4.32.